The van der Waals surface area contributed by atoms with Gasteiger partial charge in [-0.2, -0.15) is 0 Å². The molecule has 53 heavy (non-hydrogen) atoms. The molecule has 0 bridgehead atoms. The molecule has 0 radical (unpaired) electrons. The summed E-state index contributed by atoms with van der Waals surface area (Å²) >= 11 is 0. The molecule has 0 atom stereocenters. The SMILES string of the molecule is c1ccc2cc(-c3ccc(N(c4ccc(-n5c6ccccc6c6ccccc65)cc4)c4cccc5oc6c7ccccc7ccc6c45)cc3)ccc2c1. The van der Waals surface area contributed by atoms with Crippen LogP contribution in [0.3, 0.4) is 0 Å². The number of hydrogen-bond donors (Lipinski definition) is 0. The van der Waals surface area contributed by atoms with Crippen LogP contribution in [0.5, 0.6) is 0 Å². The molecule has 0 unspecified atom stereocenters. The first-order valence-electron chi connectivity index (χ1n) is 18.1. The number of para-hydroxylation sites is 2. The molecule has 0 spiro atoms. The van der Waals surface area contributed by atoms with Gasteiger partial charge in [-0.3, -0.25) is 0 Å². The van der Waals surface area contributed by atoms with Crippen LogP contribution in [0.1, 0.15) is 0 Å². The highest BCUT2D eigenvalue weighted by atomic mass is 16.3. The summed E-state index contributed by atoms with van der Waals surface area (Å²) in [5.41, 5.74) is 10.9. The van der Waals surface area contributed by atoms with E-state index >= 15 is 0 Å². The second-order valence-corrected chi connectivity index (χ2v) is 13.7. The highest BCUT2D eigenvalue weighted by molar-refractivity contribution is 6.19. The molecule has 3 nitrogen and oxygen atoms in total. The minimum Gasteiger partial charge on any atom is -0.455 e. The molecule has 2 aromatic heterocycles. The number of nitrogens with zero attached hydrogens (tertiary/aromatic N) is 2. The highest BCUT2D eigenvalue weighted by Gasteiger charge is 2.21. The first-order chi connectivity index (χ1) is 26.3. The number of fused-ring (bicyclic) bond motifs is 9. The van der Waals surface area contributed by atoms with Crippen LogP contribution >= 0.6 is 0 Å². The van der Waals surface area contributed by atoms with Gasteiger partial charge in [0.05, 0.1) is 22.1 Å². The van der Waals surface area contributed by atoms with Crippen molar-refractivity contribution in [3.63, 3.8) is 0 Å². The Morgan fingerprint density at radius 3 is 1.72 bits per heavy atom. The normalized spacial score (nSPS) is 11.8. The minimum atomic E-state index is 0.869. The third-order valence-electron chi connectivity index (χ3n) is 10.8. The fourth-order valence-corrected chi connectivity index (χ4v) is 8.27. The highest BCUT2D eigenvalue weighted by Crippen LogP contribution is 2.45. The zero-order valence-electron chi connectivity index (χ0n) is 28.8. The lowest BCUT2D eigenvalue weighted by molar-refractivity contribution is 0.672. The van der Waals surface area contributed by atoms with E-state index in [1.54, 1.807) is 0 Å². The smallest absolute Gasteiger partial charge is 0.143 e. The third-order valence-corrected chi connectivity index (χ3v) is 10.8. The van der Waals surface area contributed by atoms with Crippen LogP contribution in [0.2, 0.25) is 0 Å². The van der Waals surface area contributed by atoms with Crippen molar-refractivity contribution in [3.05, 3.63) is 194 Å². The summed E-state index contributed by atoms with van der Waals surface area (Å²) in [5.74, 6) is 0. The van der Waals surface area contributed by atoms with Gasteiger partial charge in [-0.25, -0.2) is 0 Å². The maximum atomic E-state index is 6.66. The van der Waals surface area contributed by atoms with Crippen molar-refractivity contribution in [1.29, 1.82) is 0 Å². The van der Waals surface area contributed by atoms with Crippen molar-refractivity contribution in [2.24, 2.45) is 0 Å². The molecule has 248 valence electrons. The largest absolute Gasteiger partial charge is 0.455 e. The van der Waals surface area contributed by atoms with Crippen LogP contribution in [0, 0.1) is 0 Å². The Balaban J connectivity index is 1.09. The van der Waals surface area contributed by atoms with Gasteiger partial charge in [-0.05, 0) is 100 Å². The molecule has 0 aliphatic rings. The van der Waals surface area contributed by atoms with E-state index in [0.29, 0.717) is 0 Å². The predicted molar refractivity (Wildman–Crippen MR) is 223 cm³/mol. The fraction of sp³-hybridized carbons (Fsp3) is 0. The summed E-state index contributed by atoms with van der Waals surface area (Å²) < 4.78 is 9.03. The van der Waals surface area contributed by atoms with Crippen LogP contribution in [0.4, 0.5) is 17.1 Å². The van der Waals surface area contributed by atoms with Gasteiger partial charge in [0, 0.05) is 38.6 Å². The molecule has 9 aromatic carbocycles. The monoisotopic (exact) mass is 676 g/mol. The number of hydrogen-bond acceptors (Lipinski definition) is 2. The van der Waals surface area contributed by atoms with Crippen LogP contribution in [0.25, 0.3) is 82.1 Å². The minimum absolute atomic E-state index is 0.869. The summed E-state index contributed by atoms with van der Waals surface area (Å²) in [6, 6.07) is 69.7. The van der Waals surface area contributed by atoms with Crippen molar-refractivity contribution in [2.45, 2.75) is 0 Å². The summed E-state index contributed by atoms with van der Waals surface area (Å²) in [6.45, 7) is 0. The molecular formula is C50H32N2O. The zero-order valence-corrected chi connectivity index (χ0v) is 28.8. The van der Waals surface area contributed by atoms with E-state index in [2.05, 4.69) is 204 Å². The molecular weight excluding hydrogens is 645 g/mol. The third kappa shape index (κ3) is 4.68. The van der Waals surface area contributed by atoms with Crippen molar-refractivity contribution < 1.29 is 4.42 Å². The molecule has 0 N–H and O–H groups in total. The quantitative estimate of drug-likeness (QED) is 0.181. The predicted octanol–water partition coefficient (Wildman–Crippen LogP) is 14.1. The first kappa shape index (κ1) is 29.6. The lowest BCUT2D eigenvalue weighted by Crippen LogP contribution is -2.10. The molecule has 0 saturated carbocycles. The second-order valence-electron chi connectivity index (χ2n) is 13.7. The van der Waals surface area contributed by atoms with Crippen molar-refractivity contribution >= 4 is 82.4 Å². The molecule has 0 aliphatic carbocycles. The first-order valence-corrected chi connectivity index (χ1v) is 18.1. The lowest BCUT2D eigenvalue weighted by atomic mass is 10.0. The Bertz CT molecular complexity index is 3110. The molecule has 2 heterocycles. The number of aromatic nitrogens is 1. The van der Waals surface area contributed by atoms with E-state index in [9.17, 15) is 0 Å². The van der Waals surface area contributed by atoms with Gasteiger partial charge >= 0.3 is 0 Å². The van der Waals surface area contributed by atoms with Crippen LogP contribution < -0.4 is 4.90 Å². The Morgan fingerprint density at radius 1 is 0.396 bits per heavy atom. The average Bonchev–Trinajstić information content (AvgIpc) is 3.78. The maximum absolute atomic E-state index is 6.66. The van der Waals surface area contributed by atoms with E-state index in [1.165, 1.54) is 49.1 Å². The molecule has 0 fully saturated rings. The van der Waals surface area contributed by atoms with Gasteiger partial charge in [0.1, 0.15) is 11.2 Å². The Hall–Kier alpha value is -7.10. The van der Waals surface area contributed by atoms with Gasteiger partial charge in [-0.1, -0.05) is 121 Å². The Kier molecular flexibility index (Phi) is 6.55. The van der Waals surface area contributed by atoms with Crippen molar-refractivity contribution in [3.8, 4) is 16.8 Å². The lowest BCUT2D eigenvalue weighted by Gasteiger charge is -2.27. The van der Waals surface area contributed by atoms with Gasteiger partial charge in [0.25, 0.3) is 0 Å². The second kappa shape index (κ2) is 11.7. The molecule has 0 amide bonds. The standard InChI is InChI=1S/C50H32N2O/c1-2-12-36-32-37(21-20-33(36)10-1)34-22-25-38(26-23-34)51(47-18-9-19-48-49(47)44-31-24-35-11-3-4-13-41(35)50(44)53-48)39-27-29-40(30-28-39)52-45-16-7-5-14-42(45)43-15-6-8-17-46(43)52/h1-32H. The van der Waals surface area contributed by atoms with E-state index < -0.39 is 0 Å². The van der Waals surface area contributed by atoms with Gasteiger partial charge in [0.15, 0.2) is 0 Å². The van der Waals surface area contributed by atoms with Crippen LogP contribution in [-0.2, 0) is 0 Å². The molecule has 3 heteroatoms. The number of anilines is 3. The van der Waals surface area contributed by atoms with Crippen molar-refractivity contribution in [2.75, 3.05) is 4.90 Å². The summed E-state index contributed by atoms with van der Waals surface area (Å²) in [6.07, 6.45) is 0. The molecule has 0 aliphatic heterocycles. The zero-order chi connectivity index (χ0) is 34.9. The summed E-state index contributed by atoms with van der Waals surface area (Å²) in [5, 5.41) is 9.49. The van der Waals surface area contributed by atoms with Crippen LogP contribution in [-0.4, -0.2) is 4.57 Å². The Morgan fingerprint density at radius 2 is 0.981 bits per heavy atom. The summed E-state index contributed by atoms with van der Waals surface area (Å²) in [4.78, 5) is 2.37. The Labute approximate surface area is 306 Å². The fourth-order valence-electron chi connectivity index (χ4n) is 8.27. The van der Waals surface area contributed by atoms with Crippen LogP contribution in [0.15, 0.2) is 199 Å². The molecule has 0 saturated heterocycles. The van der Waals surface area contributed by atoms with Gasteiger partial charge in [0.2, 0.25) is 0 Å². The number of furan rings is 1. The molecule has 11 rings (SSSR count). The van der Waals surface area contributed by atoms with Gasteiger partial charge in [-0.15, -0.1) is 0 Å². The molecule has 11 aromatic rings. The van der Waals surface area contributed by atoms with E-state index in [0.717, 1.165) is 50.1 Å². The maximum Gasteiger partial charge on any atom is 0.143 e. The number of benzene rings is 9. The summed E-state index contributed by atoms with van der Waals surface area (Å²) in [7, 11) is 0. The van der Waals surface area contributed by atoms with E-state index in [1.807, 2.05) is 0 Å². The van der Waals surface area contributed by atoms with Gasteiger partial charge < -0.3 is 13.9 Å². The van der Waals surface area contributed by atoms with E-state index in [4.69, 9.17) is 4.42 Å². The van der Waals surface area contributed by atoms with Crippen molar-refractivity contribution in [1.82, 2.24) is 4.57 Å². The number of rotatable bonds is 5. The average molecular weight is 677 g/mol. The van der Waals surface area contributed by atoms with E-state index in [-0.39, 0.29) is 0 Å². The topological polar surface area (TPSA) is 21.3 Å².